The molecule has 0 amide bonds. The number of nitrogen functional groups attached to an aromatic ring is 1. The SMILES string of the molecule is CCn1nc(C)c(N)c1N(CCO)CCO. The van der Waals surface area contributed by atoms with Gasteiger partial charge >= 0.3 is 0 Å². The third kappa shape index (κ3) is 2.45. The van der Waals surface area contributed by atoms with Gasteiger partial charge in [0.05, 0.1) is 24.6 Å². The highest BCUT2D eigenvalue weighted by Crippen LogP contribution is 2.25. The zero-order valence-electron chi connectivity index (χ0n) is 9.85. The van der Waals surface area contributed by atoms with Crippen LogP contribution in [0.2, 0.25) is 0 Å². The van der Waals surface area contributed by atoms with Crippen molar-refractivity contribution in [3.05, 3.63) is 5.69 Å². The molecule has 0 saturated carbocycles. The van der Waals surface area contributed by atoms with E-state index in [4.69, 9.17) is 15.9 Å². The molecule has 0 aliphatic heterocycles. The summed E-state index contributed by atoms with van der Waals surface area (Å²) in [6.45, 7) is 5.46. The lowest BCUT2D eigenvalue weighted by atomic mass is 10.3. The Bertz CT molecular complexity index is 332. The van der Waals surface area contributed by atoms with Gasteiger partial charge in [-0.2, -0.15) is 5.10 Å². The van der Waals surface area contributed by atoms with Crippen molar-refractivity contribution in [2.24, 2.45) is 0 Å². The van der Waals surface area contributed by atoms with Gasteiger partial charge in [-0.1, -0.05) is 0 Å². The molecule has 0 radical (unpaired) electrons. The molecular formula is C10H20N4O2. The van der Waals surface area contributed by atoms with E-state index in [1.807, 2.05) is 18.7 Å². The topological polar surface area (TPSA) is 87.5 Å². The minimum atomic E-state index is 0.0212. The lowest BCUT2D eigenvalue weighted by Gasteiger charge is -2.23. The smallest absolute Gasteiger partial charge is 0.150 e. The quantitative estimate of drug-likeness (QED) is 0.616. The molecule has 6 heteroatoms. The van der Waals surface area contributed by atoms with Crippen molar-refractivity contribution in [2.75, 3.05) is 36.9 Å². The van der Waals surface area contributed by atoms with Crippen LogP contribution in [0.5, 0.6) is 0 Å². The molecule has 92 valence electrons. The first-order valence-electron chi connectivity index (χ1n) is 5.45. The summed E-state index contributed by atoms with van der Waals surface area (Å²) in [7, 11) is 0. The molecule has 0 aliphatic carbocycles. The number of aliphatic hydroxyl groups is 2. The fraction of sp³-hybridized carbons (Fsp3) is 0.700. The van der Waals surface area contributed by atoms with Crippen molar-refractivity contribution in [1.82, 2.24) is 9.78 Å². The van der Waals surface area contributed by atoms with Crippen LogP contribution < -0.4 is 10.6 Å². The largest absolute Gasteiger partial charge is 0.395 e. The van der Waals surface area contributed by atoms with Gasteiger partial charge in [-0.15, -0.1) is 0 Å². The van der Waals surface area contributed by atoms with Gasteiger partial charge in [0.1, 0.15) is 0 Å². The molecule has 1 aromatic heterocycles. The van der Waals surface area contributed by atoms with Crippen molar-refractivity contribution < 1.29 is 10.2 Å². The van der Waals surface area contributed by atoms with E-state index in [0.29, 0.717) is 25.3 Å². The number of hydrogen-bond donors (Lipinski definition) is 3. The van der Waals surface area contributed by atoms with E-state index in [9.17, 15) is 0 Å². The fourth-order valence-electron chi connectivity index (χ4n) is 1.70. The number of rotatable bonds is 6. The van der Waals surface area contributed by atoms with Crippen LogP contribution in [0.15, 0.2) is 0 Å². The van der Waals surface area contributed by atoms with Crippen LogP contribution in [0.4, 0.5) is 11.5 Å². The van der Waals surface area contributed by atoms with Crippen LogP contribution in [-0.2, 0) is 6.54 Å². The lowest BCUT2D eigenvalue weighted by Crippen LogP contribution is -2.32. The molecule has 0 fully saturated rings. The van der Waals surface area contributed by atoms with Gasteiger partial charge in [-0.3, -0.25) is 0 Å². The van der Waals surface area contributed by atoms with Gasteiger partial charge in [-0.05, 0) is 13.8 Å². The molecule has 0 bridgehead atoms. The number of nitrogens with zero attached hydrogens (tertiary/aromatic N) is 3. The first kappa shape index (κ1) is 12.8. The molecule has 1 rings (SSSR count). The summed E-state index contributed by atoms with van der Waals surface area (Å²) in [6, 6.07) is 0. The second-order valence-corrected chi connectivity index (χ2v) is 3.57. The highest BCUT2D eigenvalue weighted by molar-refractivity contribution is 5.66. The second kappa shape index (κ2) is 5.72. The number of aryl methyl sites for hydroxylation is 2. The van der Waals surface area contributed by atoms with Crippen molar-refractivity contribution in [3.63, 3.8) is 0 Å². The van der Waals surface area contributed by atoms with Crippen molar-refractivity contribution in [1.29, 1.82) is 0 Å². The van der Waals surface area contributed by atoms with E-state index >= 15 is 0 Å². The molecule has 0 atom stereocenters. The molecule has 6 nitrogen and oxygen atoms in total. The van der Waals surface area contributed by atoms with Crippen LogP contribution in [0.25, 0.3) is 0 Å². The monoisotopic (exact) mass is 228 g/mol. The molecule has 0 spiro atoms. The van der Waals surface area contributed by atoms with E-state index < -0.39 is 0 Å². The predicted molar refractivity (Wildman–Crippen MR) is 63.4 cm³/mol. The Balaban J connectivity index is 3.05. The Morgan fingerprint density at radius 1 is 1.31 bits per heavy atom. The first-order chi connectivity index (χ1) is 7.65. The molecule has 1 heterocycles. The van der Waals surface area contributed by atoms with Gasteiger partial charge in [0.25, 0.3) is 0 Å². The minimum absolute atomic E-state index is 0.0212. The summed E-state index contributed by atoms with van der Waals surface area (Å²) >= 11 is 0. The maximum absolute atomic E-state index is 8.99. The molecule has 0 aliphatic rings. The fourth-order valence-corrected chi connectivity index (χ4v) is 1.70. The molecule has 0 saturated heterocycles. The normalized spacial score (nSPS) is 10.8. The molecular weight excluding hydrogens is 208 g/mol. The average Bonchev–Trinajstić information content (AvgIpc) is 2.55. The van der Waals surface area contributed by atoms with E-state index in [0.717, 1.165) is 11.5 Å². The maximum Gasteiger partial charge on any atom is 0.150 e. The van der Waals surface area contributed by atoms with E-state index in [1.165, 1.54) is 0 Å². The van der Waals surface area contributed by atoms with E-state index in [-0.39, 0.29) is 13.2 Å². The summed E-state index contributed by atoms with van der Waals surface area (Å²) in [5.74, 6) is 0.781. The van der Waals surface area contributed by atoms with E-state index in [1.54, 1.807) is 4.68 Å². The third-order valence-electron chi connectivity index (χ3n) is 2.48. The summed E-state index contributed by atoms with van der Waals surface area (Å²) in [4.78, 5) is 1.85. The third-order valence-corrected chi connectivity index (χ3v) is 2.48. The Hall–Kier alpha value is -1.27. The number of anilines is 2. The Labute approximate surface area is 95.3 Å². The molecule has 4 N–H and O–H groups in total. The Kier molecular flexibility index (Phi) is 4.57. The molecule has 16 heavy (non-hydrogen) atoms. The molecule has 0 aromatic carbocycles. The predicted octanol–water partition coefficient (Wildman–Crippen LogP) is -0.415. The van der Waals surface area contributed by atoms with Gasteiger partial charge in [-0.25, -0.2) is 4.68 Å². The first-order valence-corrected chi connectivity index (χ1v) is 5.45. The number of aromatic nitrogens is 2. The summed E-state index contributed by atoms with van der Waals surface area (Å²) in [5, 5.41) is 22.3. The van der Waals surface area contributed by atoms with Crippen molar-refractivity contribution >= 4 is 11.5 Å². The standard InChI is InChI=1S/C10H20N4O2/c1-3-14-10(9(11)8(2)12-14)13(4-6-15)5-7-16/h15-16H,3-7,11H2,1-2H3. The van der Waals surface area contributed by atoms with E-state index in [2.05, 4.69) is 5.10 Å². The highest BCUT2D eigenvalue weighted by Gasteiger charge is 2.17. The zero-order chi connectivity index (χ0) is 12.1. The van der Waals surface area contributed by atoms with Crippen LogP contribution >= 0.6 is 0 Å². The number of nitrogens with two attached hydrogens (primary N) is 1. The van der Waals surface area contributed by atoms with Gasteiger partial charge in [0.15, 0.2) is 5.82 Å². The summed E-state index contributed by atoms with van der Waals surface area (Å²) in [6.07, 6.45) is 0. The van der Waals surface area contributed by atoms with Crippen LogP contribution in [0, 0.1) is 6.92 Å². The lowest BCUT2D eigenvalue weighted by molar-refractivity contribution is 0.280. The number of aliphatic hydroxyl groups excluding tert-OH is 2. The summed E-state index contributed by atoms with van der Waals surface area (Å²) < 4.78 is 1.79. The minimum Gasteiger partial charge on any atom is -0.395 e. The average molecular weight is 228 g/mol. The molecule has 0 unspecified atom stereocenters. The van der Waals surface area contributed by atoms with Crippen LogP contribution in [0.1, 0.15) is 12.6 Å². The van der Waals surface area contributed by atoms with Crippen LogP contribution in [0.3, 0.4) is 0 Å². The maximum atomic E-state index is 8.99. The zero-order valence-corrected chi connectivity index (χ0v) is 9.85. The second-order valence-electron chi connectivity index (χ2n) is 3.57. The van der Waals surface area contributed by atoms with Gasteiger partial charge < -0.3 is 20.8 Å². The highest BCUT2D eigenvalue weighted by atomic mass is 16.3. The van der Waals surface area contributed by atoms with Crippen molar-refractivity contribution in [3.8, 4) is 0 Å². The van der Waals surface area contributed by atoms with Crippen LogP contribution in [-0.4, -0.2) is 46.3 Å². The Morgan fingerprint density at radius 2 is 1.88 bits per heavy atom. The number of hydrogen-bond acceptors (Lipinski definition) is 5. The van der Waals surface area contributed by atoms with Crippen molar-refractivity contribution in [2.45, 2.75) is 20.4 Å². The molecule has 1 aromatic rings. The summed E-state index contributed by atoms with van der Waals surface area (Å²) in [5.41, 5.74) is 7.34. The van der Waals surface area contributed by atoms with Gasteiger partial charge in [0.2, 0.25) is 0 Å². The Morgan fingerprint density at radius 3 is 2.31 bits per heavy atom. The van der Waals surface area contributed by atoms with Gasteiger partial charge in [0, 0.05) is 19.6 Å².